The molecule has 7 heteroatoms. The summed E-state index contributed by atoms with van der Waals surface area (Å²) in [4.78, 5) is 0. The number of sulfonamides is 1. The molecule has 2 rings (SSSR count). The summed E-state index contributed by atoms with van der Waals surface area (Å²) in [6.07, 6.45) is 1.55. The molecule has 0 aliphatic rings. The Morgan fingerprint density at radius 3 is 2.60 bits per heavy atom. The summed E-state index contributed by atoms with van der Waals surface area (Å²) in [5.41, 5.74) is 1.51. The molecule has 0 fully saturated rings. The van der Waals surface area contributed by atoms with Gasteiger partial charge in [0.15, 0.2) is 5.76 Å². The summed E-state index contributed by atoms with van der Waals surface area (Å²) in [5, 5.41) is 5.57. The maximum absolute atomic E-state index is 12.3. The van der Waals surface area contributed by atoms with E-state index in [0.29, 0.717) is 9.97 Å². The standard InChI is InChI=1S/C13H18N2O3S2/c1-4-11(5-2)15-20(16,17)13-7-10(8-19-13)12-6-9(3)14-18-12/h6-8,11,15H,4-5H2,1-3H3. The van der Waals surface area contributed by atoms with E-state index in [-0.39, 0.29) is 6.04 Å². The van der Waals surface area contributed by atoms with Gasteiger partial charge in [0.2, 0.25) is 10.0 Å². The topological polar surface area (TPSA) is 72.2 Å². The minimum atomic E-state index is -3.46. The first kappa shape index (κ1) is 15.2. The van der Waals surface area contributed by atoms with Crippen molar-refractivity contribution in [1.82, 2.24) is 9.88 Å². The third-order valence-corrected chi connectivity index (χ3v) is 6.02. The summed E-state index contributed by atoms with van der Waals surface area (Å²) in [5.74, 6) is 0.586. The predicted molar refractivity (Wildman–Crippen MR) is 79.2 cm³/mol. The molecule has 20 heavy (non-hydrogen) atoms. The molecule has 0 saturated heterocycles. The number of hydrogen-bond donors (Lipinski definition) is 1. The Hall–Kier alpha value is -1.18. The molecule has 0 unspecified atom stereocenters. The van der Waals surface area contributed by atoms with E-state index in [0.717, 1.165) is 24.1 Å². The van der Waals surface area contributed by atoms with Crippen LogP contribution in [-0.4, -0.2) is 19.6 Å². The zero-order valence-electron chi connectivity index (χ0n) is 11.7. The molecule has 0 bridgehead atoms. The number of nitrogens with zero attached hydrogens (tertiary/aromatic N) is 1. The smallest absolute Gasteiger partial charge is 0.250 e. The molecular weight excluding hydrogens is 296 g/mol. The van der Waals surface area contributed by atoms with Gasteiger partial charge in [0.25, 0.3) is 0 Å². The van der Waals surface area contributed by atoms with Crippen LogP contribution < -0.4 is 4.72 Å². The molecule has 0 atom stereocenters. The number of hydrogen-bond acceptors (Lipinski definition) is 5. The summed E-state index contributed by atoms with van der Waals surface area (Å²) >= 11 is 1.19. The second-order valence-corrected chi connectivity index (χ2v) is 7.47. The normalized spacial score (nSPS) is 12.2. The SMILES string of the molecule is CCC(CC)NS(=O)(=O)c1cc(-c2cc(C)no2)cs1. The zero-order chi connectivity index (χ0) is 14.8. The predicted octanol–water partition coefficient (Wildman–Crippen LogP) is 3.18. The maximum atomic E-state index is 12.3. The summed E-state index contributed by atoms with van der Waals surface area (Å²) in [6.45, 7) is 5.76. The first-order valence-electron chi connectivity index (χ1n) is 6.50. The molecule has 0 aliphatic carbocycles. The summed E-state index contributed by atoms with van der Waals surface area (Å²) < 4.78 is 32.7. The Balaban J connectivity index is 2.23. The van der Waals surface area contributed by atoms with Crippen molar-refractivity contribution < 1.29 is 12.9 Å². The van der Waals surface area contributed by atoms with Crippen LogP contribution in [-0.2, 0) is 10.0 Å². The molecule has 2 heterocycles. The van der Waals surface area contributed by atoms with Gasteiger partial charge in [-0.15, -0.1) is 11.3 Å². The zero-order valence-corrected chi connectivity index (χ0v) is 13.3. The molecule has 0 spiro atoms. The Morgan fingerprint density at radius 2 is 2.05 bits per heavy atom. The van der Waals surface area contributed by atoms with Gasteiger partial charge in [-0.25, -0.2) is 13.1 Å². The van der Waals surface area contributed by atoms with Crippen LogP contribution in [0.3, 0.4) is 0 Å². The highest BCUT2D eigenvalue weighted by Gasteiger charge is 2.21. The van der Waals surface area contributed by atoms with Crippen LogP contribution >= 0.6 is 11.3 Å². The highest BCUT2D eigenvalue weighted by molar-refractivity contribution is 7.91. The lowest BCUT2D eigenvalue weighted by Crippen LogP contribution is -2.33. The van der Waals surface area contributed by atoms with Gasteiger partial charge in [0.05, 0.1) is 5.69 Å². The molecule has 0 amide bonds. The van der Waals surface area contributed by atoms with E-state index in [1.54, 1.807) is 17.5 Å². The molecule has 0 aliphatic heterocycles. The molecule has 1 N–H and O–H groups in total. The molecule has 0 saturated carbocycles. The second kappa shape index (κ2) is 6.07. The van der Waals surface area contributed by atoms with Crippen molar-refractivity contribution in [2.75, 3.05) is 0 Å². The average Bonchev–Trinajstić information content (AvgIpc) is 3.04. The van der Waals surface area contributed by atoms with Crippen LogP contribution in [0.2, 0.25) is 0 Å². The molecule has 110 valence electrons. The molecule has 2 aromatic heterocycles. The average molecular weight is 314 g/mol. The van der Waals surface area contributed by atoms with E-state index in [9.17, 15) is 8.42 Å². The van der Waals surface area contributed by atoms with Gasteiger partial charge in [-0.2, -0.15) is 0 Å². The molecule has 0 aromatic carbocycles. The minimum absolute atomic E-state index is 0.0296. The number of thiophene rings is 1. The number of rotatable bonds is 6. The quantitative estimate of drug-likeness (QED) is 0.889. The van der Waals surface area contributed by atoms with E-state index in [1.165, 1.54) is 11.3 Å². The van der Waals surface area contributed by atoms with Gasteiger partial charge in [-0.1, -0.05) is 19.0 Å². The van der Waals surface area contributed by atoms with Crippen molar-refractivity contribution in [2.45, 2.75) is 43.9 Å². The molecule has 0 radical (unpaired) electrons. The first-order valence-corrected chi connectivity index (χ1v) is 8.87. The lowest BCUT2D eigenvalue weighted by molar-refractivity contribution is 0.427. The van der Waals surface area contributed by atoms with Gasteiger partial charge in [-0.05, 0) is 25.8 Å². The highest BCUT2D eigenvalue weighted by Crippen LogP contribution is 2.29. The van der Waals surface area contributed by atoms with Crippen molar-refractivity contribution in [2.24, 2.45) is 0 Å². The third-order valence-electron chi connectivity index (χ3n) is 3.06. The van der Waals surface area contributed by atoms with Crippen LogP contribution in [0.1, 0.15) is 32.4 Å². The van der Waals surface area contributed by atoms with Gasteiger partial charge in [-0.3, -0.25) is 0 Å². The lowest BCUT2D eigenvalue weighted by Gasteiger charge is -2.13. The van der Waals surface area contributed by atoms with E-state index < -0.39 is 10.0 Å². The Morgan fingerprint density at radius 1 is 1.35 bits per heavy atom. The fourth-order valence-electron chi connectivity index (χ4n) is 1.82. The largest absolute Gasteiger partial charge is 0.356 e. The molecular formula is C13H18N2O3S2. The Kier molecular flexibility index (Phi) is 4.62. The van der Waals surface area contributed by atoms with Crippen molar-refractivity contribution in [1.29, 1.82) is 0 Å². The highest BCUT2D eigenvalue weighted by atomic mass is 32.2. The second-order valence-electron chi connectivity index (χ2n) is 4.62. The van der Waals surface area contributed by atoms with E-state index in [4.69, 9.17) is 4.52 Å². The van der Waals surface area contributed by atoms with Crippen molar-refractivity contribution >= 4 is 21.4 Å². The van der Waals surface area contributed by atoms with Crippen molar-refractivity contribution in [3.05, 3.63) is 23.2 Å². The molecule has 5 nitrogen and oxygen atoms in total. The van der Waals surface area contributed by atoms with Gasteiger partial charge in [0.1, 0.15) is 4.21 Å². The van der Waals surface area contributed by atoms with E-state index in [1.807, 2.05) is 20.8 Å². The van der Waals surface area contributed by atoms with Crippen molar-refractivity contribution in [3.63, 3.8) is 0 Å². The Labute approximate surface area is 123 Å². The van der Waals surface area contributed by atoms with Gasteiger partial charge < -0.3 is 4.52 Å². The fraction of sp³-hybridized carbons (Fsp3) is 0.462. The monoisotopic (exact) mass is 314 g/mol. The van der Waals surface area contributed by atoms with Crippen LogP contribution in [0.15, 0.2) is 26.2 Å². The number of aromatic nitrogens is 1. The number of aryl methyl sites for hydroxylation is 1. The maximum Gasteiger partial charge on any atom is 0.250 e. The fourth-order valence-corrected chi connectivity index (χ4v) is 4.41. The van der Waals surface area contributed by atoms with Crippen molar-refractivity contribution in [3.8, 4) is 11.3 Å². The van der Waals surface area contributed by atoms with E-state index >= 15 is 0 Å². The van der Waals surface area contributed by atoms with Gasteiger partial charge >= 0.3 is 0 Å². The lowest BCUT2D eigenvalue weighted by atomic mass is 10.2. The van der Waals surface area contributed by atoms with Gasteiger partial charge in [0, 0.05) is 23.1 Å². The van der Waals surface area contributed by atoms with E-state index in [2.05, 4.69) is 9.88 Å². The van der Waals surface area contributed by atoms with Crippen LogP contribution in [0, 0.1) is 6.92 Å². The third kappa shape index (κ3) is 3.28. The van der Waals surface area contributed by atoms with Crippen LogP contribution in [0.25, 0.3) is 11.3 Å². The van der Waals surface area contributed by atoms with Crippen LogP contribution in [0.4, 0.5) is 0 Å². The summed E-state index contributed by atoms with van der Waals surface area (Å²) in [6, 6.07) is 3.38. The minimum Gasteiger partial charge on any atom is -0.356 e. The Bertz CT molecular complexity index is 669. The summed E-state index contributed by atoms with van der Waals surface area (Å²) in [7, 11) is -3.46. The number of nitrogens with one attached hydrogen (secondary N) is 1. The first-order chi connectivity index (χ1) is 9.46. The molecule has 2 aromatic rings. The van der Waals surface area contributed by atoms with Crippen LogP contribution in [0.5, 0.6) is 0 Å².